The molecule has 3 aromatic rings. The largest absolute Gasteiger partial charge is 0.496 e. The molecule has 0 fully saturated rings. The predicted molar refractivity (Wildman–Crippen MR) is 115 cm³/mol. The molecule has 0 amide bonds. The van der Waals surface area contributed by atoms with Gasteiger partial charge in [0.05, 0.1) is 24.2 Å². The van der Waals surface area contributed by atoms with Crippen molar-refractivity contribution in [3.63, 3.8) is 0 Å². The van der Waals surface area contributed by atoms with Crippen LogP contribution < -0.4 is 15.4 Å². The van der Waals surface area contributed by atoms with Crippen LogP contribution in [-0.2, 0) is 0 Å². The van der Waals surface area contributed by atoms with Crippen molar-refractivity contribution in [1.29, 1.82) is 0 Å². The van der Waals surface area contributed by atoms with E-state index in [2.05, 4.69) is 42.3 Å². The Morgan fingerprint density at radius 1 is 1.21 bits per heavy atom. The molecule has 1 aromatic carbocycles. The van der Waals surface area contributed by atoms with Crippen molar-refractivity contribution in [3.8, 4) is 17.0 Å². The van der Waals surface area contributed by atoms with Crippen LogP contribution in [0, 0.1) is 6.92 Å². The average Bonchev–Trinajstić information content (AvgIpc) is 3.10. The highest BCUT2D eigenvalue weighted by Gasteiger charge is 2.13. The molecule has 0 saturated heterocycles. The quantitative estimate of drug-likeness (QED) is 0.541. The van der Waals surface area contributed by atoms with Crippen molar-refractivity contribution < 1.29 is 4.74 Å². The SMILES string of the molecule is C=Nc1cc(-c2cc(Nc3nc(C)cc(NC)n3)ccc2OC)[nH]c1/C=N\C. The number of nitrogens with zero attached hydrogens (tertiary/aromatic N) is 4. The Kier molecular flexibility index (Phi) is 5.69. The van der Waals surface area contributed by atoms with Gasteiger partial charge in [-0.1, -0.05) is 0 Å². The molecule has 0 atom stereocenters. The van der Waals surface area contributed by atoms with Gasteiger partial charge in [0.1, 0.15) is 11.6 Å². The lowest BCUT2D eigenvalue weighted by Gasteiger charge is -2.12. The Balaban J connectivity index is 2.01. The van der Waals surface area contributed by atoms with Crippen molar-refractivity contribution in [1.82, 2.24) is 15.0 Å². The lowest BCUT2D eigenvalue weighted by molar-refractivity contribution is 0.416. The van der Waals surface area contributed by atoms with Gasteiger partial charge in [0, 0.05) is 43.3 Å². The van der Waals surface area contributed by atoms with E-state index in [0.29, 0.717) is 5.95 Å². The first-order chi connectivity index (χ1) is 13.6. The van der Waals surface area contributed by atoms with E-state index in [0.717, 1.165) is 45.6 Å². The second kappa shape index (κ2) is 8.34. The van der Waals surface area contributed by atoms with Gasteiger partial charge in [0.25, 0.3) is 0 Å². The van der Waals surface area contributed by atoms with Gasteiger partial charge in [-0.2, -0.15) is 4.98 Å². The highest BCUT2D eigenvalue weighted by molar-refractivity contribution is 5.89. The second-order valence-electron chi connectivity index (χ2n) is 6.04. The normalized spacial score (nSPS) is 10.9. The minimum Gasteiger partial charge on any atom is -0.496 e. The molecule has 0 unspecified atom stereocenters. The maximum absolute atomic E-state index is 5.53. The number of anilines is 3. The maximum atomic E-state index is 5.53. The fraction of sp³-hybridized carbons (Fsp3) is 0.200. The van der Waals surface area contributed by atoms with E-state index in [1.54, 1.807) is 20.4 Å². The highest BCUT2D eigenvalue weighted by Crippen LogP contribution is 2.35. The first-order valence-electron chi connectivity index (χ1n) is 8.68. The van der Waals surface area contributed by atoms with Gasteiger partial charge < -0.3 is 20.4 Å². The fourth-order valence-electron chi connectivity index (χ4n) is 2.84. The summed E-state index contributed by atoms with van der Waals surface area (Å²) in [6.07, 6.45) is 1.71. The average molecular weight is 377 g/mol. The summed E-state index contributed by atoms with van der Waals surface area (Å²) in [6.45, 7) is 5.55. The molecule has 2 aromatic heterocycles. The molecule has 8 nitrogen and oxygen atoms in total. The summed E-state index contributed by atoms with van der Waals surface area (Å²) in [4.78, 5) is 20.3. The number of hydrogen-bond donors (Lipinski definition) is 3. The number of methoxy groups -OCH3 is 1. The zero-order valence-electron chi connectivity index (χ0n) is 16.4. The highest BCUT2D eigenvalue weighted by atomic mass is 16.5. The first kappa shape index (κ1) is 19.1. The zero-order chi connectivity index (χ0) is 20.1. The number of H-pyrrole nitrogens is 1. The molecular formula is C20H23N7O. The zero-order valence-corrected chi connectivity index (χ0v) is 16.4. The summed E-state index contributed by atoms with van der Waals surface area (Å²) in [6, 6.07) is 9.56. The third-order valence-corrected chi connectivity index (χ3v) is 4.11. The summed E-state index contributed by atoms with van der Waals surface area (Å²) in [7, 11) is 5.17. The fourth-order valence-corrected chi connectivity index (χ4v) is 2.84. The van der Waals surface area contributed by atoms with Crippen LogP contribution in [-0.4, -0.2) is 49.1 Å². The van der Waals surface area contributed by atoms with Crippen LogP contribution in [0.1, 0.15) is 11.4 Å². The van der Waals surface area contributed by atoms with Gasteiger partial charge in [-0.3, -0.25) is 9.98 Å². The van der Waals surface area contributed by atoms with E-state index in [4.69, 9.17) is 4.74 Å². The second-order valence-corrected chi connectivity index (χ2v) is 6.04. The van der Waals surface area contributed by atoms with Crippen molar-refractivity contribution in [2.24, 2.45) is 9.98 Å². The molecule has 144 valence electrons. The third-order valence-electron chi connectivity index (χ3n) is 4.11. The minimum atomic E-state index is 0.513. The van der Waals surface area contributed by atoms with Gasteiger partial charge >= 0.3 is 0 Å². The molecule has 28 heavy (non-hydrogen) atoms. The van der Waals surface area contributed by atoms with Crippen LogP contribution >= 0.6 is 0 Å². The van der Waals surface area contributed by atoms with Crippen LogP contribution in [0.5, 0.6) is 5.75 Å². The van der Waals surface area contributed by atoms with Crippen LogP contribution in [0.15, 0.2) is 40.3 Å². The van der Waals surface area contributed by atoms with Crippen molar-refractivity contribution in [2.45, 2.75) is 6.92 Å². The molecule has 0 aliphatic rings. The van der Waals surface area contributed by atoms with Gasteiger partial charge in [-0.25, -0.2) is 4.98 Å². The summed E-state index contributed by atoms with van der Waals surface area (Å²) in [5.74, 6) is 1.99. The van der Waals surface area contributed by atoms with Gasteiger partial charge in [0.2, 0.25) is 5.95 Å². The minimum absolute atomic E-state index is 0.513. The number of rotatable bonds is 7. The predicted octanol–water partition coefficient (Wildman–Crippen LogP) is 3.95. The van der Waals surface area contributed by atoms with E-state index in [-0.39, 0.29) is 0 Å². The molecule has 0 bridgehead atoms. The van der Waals surface area contributed by atoms with E-state index >= 15 is 0 Å². The third kappa shape index (κ3) is 4.01. The van der Waals surface area contributed by atoms with E-state index < -0.39 is 0 Å². The van der Waals surface area contributed by atoms with E-state index in [1.165, 1.54) is 0 Å². The first-order valence-corrected chi connectivity index (χ1v) is 8.68. The number of nitrogens with one attached hydrogen (secondary N) is 3. The number of benzene rings is 1. The van der Waals surface area contributed by atoms with Gasteiger partial charge in [-0.05, 0) is 37.9 Å². The Morgan fingerprint density at radius 3 is 2.71 bits per heavy atom. The number of hydrogen-bond acceptors (Lipinski definition) is 7. The topological polar surface area (TPSA) is 99.6 Å². The molecule has 3 N–H and O–H groups in total. The summed E-state index contributed by atoms with van der Waals surface area (Å²) < 4.78 is 5.53. The standard InChI is InChI=1S/C20H23N7O/c1-12-8-19(23-4)27-20(24-12)25-13-6-7-18(28-5)14(9-13)15-10-16(22-3)17(26-15)11-21-2/h6-11,26H,3H2,1-2,4-5H3,(H2,23,24,25,27)/b21-11-. The number of aromatic amines is 1. The maximum Gasteiger partial charge on any atom is 0.229 e. The van der Waals surface area contributed by atoms with Crippen LogP contribution in [0.4, 0.5) is 23.1 Å². The van der Waals surface area contributed by atoms with Crippen molar-refractivity contribution in [2.75, 3.05) is 31.8 Å². The van der Waals surface area contributed by atoms with Gasteiger partial charge in [0.15, 0.2) is 0 Å². The number of aliphatic imine (C=N–C) groups is 2. The Hall–Kier alpha value is -3.68. The smallest absolute Gasteiger partial charge is 0.229 e. The van der Waals surface area contributed by atoms with Crippen LogP contribution in [0.2, 0.25) is 0 Å². The molecule has 0 saturated carbocycles. The van der Waals surface area contributed by atoms with Crippen LogP contribution in [0.3, 0.4) is 0 Å². The molecular weight excluding hydrogens is 354 g/mol. The Labute approximate surface area is 163 Å². The Morgan fingerprint density at radius 2 is 2.04 bits per heavy atom. The lowest BCUT2D eigenvalue weighted by Crippen LogP contribution is -2.02. The molecule has 0 radical (unpaired) electrons. The van der Waals surface area contributed by atoms with Crippen molar-refractivity contribution in [3.05, 3.63) is 41.7 Å². The van der Waals surface area contributed by atoms with E-state index in [9.17, 15) is 0 Å². The molecule has 3 rings (SSSR count). The van der Waals surface area contributed by atoms with Crippen LogP contribution in [0.25, 0.3) is 11.3 Å². The summed E-state index contributed by atoms with van der Waals surface area (Å²) in [5, 5.41) is 6.28. The molecule has 2 heterocycles. The Bertz CT molecular complexity index is 1020. The van der Waals surface area contributed by atoms with E-state index in [1.807, 2.05) is 44.3 Å². The number of aromatic nitrogens is 3. The molecule has 0 spiro atoms. The number of ether oxygens (including phenoxy) is 1. The van der Waals surface area contributed by atoms with Crippen molar-refractivity contribution >= 4 is 36.1 Å². The van der Waals surface area contributed by atoms with Gasteiger partial charge in [-0.15, -0.1) is 0 Å². The summed E-state index contributed by atoms with van der Waals surface area (Å²) >= 11 is 0. The molecule has 0 aliphatic carbocycles. The summed E-state index contributed by atoms with van der Waals surface area (Å²) in [5.41, 5.74) is 4.92. The monoisotopic (exact) mass is 377 g/mol. The molecule has 0 aliphatic heterocycles. The number of aryl methyl sites for hydroxylation is 1. The molecule has 8 heteroatoms. The lowest BCUT2D eigenvalue weighted by atomic mass is 10.1.